The van der Waals surface area contributed by atoms with E-state index in [0.717, 1.165) is 19.6 Å². The molecule has 0 aromatic carbocycles. The summed E-state index contributed by atoms with van der Waals surface area (Å²) in [7, 11) is 0. The molecule has 0 bridgehead atoms. The zero-order chi connectivity index (χ0) is 13.3. The zero-order valence-corrected chi connectivity index (χ0v) is 12.9. The largest absolute Gasteiger partial charge is 0.333 e. The summed E-state index contributed by atoms with van der Waals surface area (Å²) in [6.07, 6.45) is 9.31. The van der Waals surface area contributed by atoms with Gasteiger partial charge in [-0.25, -0.2) is 4.98 Å². The number of nitrogens with zero attached hydrogens (tertiary/aromatic N) is 2. The Labute approximate surface area is 120 Å². The van der Waals surface area contributed by atoms with Crippen molar-refractivity contribution >= 4 is 11.8 Å². The third kappa shape index (κ3) is 2.70. The van der Waals surface area contributed by atoms with Gasteiger partial charge in [-0.2, -0.15) is 11.8 Å². The monoisotopic (exact) mass is 279 g/mol. The summed E-state index contributed by atoms with van der Waals surface area (Å²) in [5.74, 6) is 1.32. The Bertz CT molecular complexity index is 428. The molecule has 0 aliphatic carbocycles. The highest BCUT2D eigenvalue weighted by atomic mass is 32.2. The molecule has 1 N–H and O–H groups in total. The summed E-state index contributed by atoms with van der Waals surface area (Å²) >= 11 is 2.14. The minimum atomic E-state index is 0.307. The number of hydrogen-bond acceptors (Lipinski definition) is 3. The van der Waals surface area contributed by atoms with Crippen LogP contribution in [0.2, 0.25) is 0 Å². The molecule has 1 atom stereocenters. The van der Waals surface area contributed by atoms with Gasteiger partial charge in [-0.15, -0.1) is 0 Å². The van der Waals surface area contributed by atoms with E-state index in [9.17, 15) is 0 Å². The van der Waals surface area contributed by atoms with Gasteiger partial charge in [0.1, 0.15) is 0 Å². The van der Waals surface area contributed by atoms with E-state index in [2.05, 4.69) is 46.7 Å². The topological polar surface area (TPSA) is 29.9 Å². The maximum Gasteiger partial charge on any atom is 0.0948 e. The minimum Gasteiger partial charge on any atom is -0.333 e. The van der Waals surface area contributed by atoms with Crippen molar-refractivity contribution in [2.75, 3.05) is 18.8 Å². The van der Waals surface area contributed by atoms with Crippen molar-refractivity contribution in [1.29, 1.82) is 0 Å². The molecular formula is C15H25N3S. The molecule has 1 unspecified atom stereocenters. The van der Waals surface area contributed by atoms with Gasteiger partial charge in [-0.05, 0) is 51.4 Å². The van der Waals surface area contributed by atoms with Crippen molar-refractivity contribution in [3.8, 4) is 0 Å². The van der Waals surface area contributed by atoms with Crippen molar-refractivity contribution in [2.24, 2.45) is 0 Å². The Hall–Kier alpha value is -0.480. The maximum atomic E-state index is 4.45. The third-order valence-corrected chi connectivity index (χ3v) is 6.37. The molecule has 1 aromatic heterocycles. The molecule has 3 nitrogen and oxygen atoms in total. The van der Waals surface area contributed by atoms with Crippen LogP contribution in [0, 0.1) is 0 Å². The molecule has 0 radical (unpaired) electrons. The van der Waals surface area contributed by atoms with Gasteiger partial charge in [-0.3, -0.25) is 0 Å². The molecule has 2 aliphatic heterocycles. The van der Waals surface area contributed by atoms with E-state index in [1.165, 1.54) is 37.1 Å². The first-order valence-electron chi connectivity index (χ1n) is 7.47. The molecule has 1 aromatic rings. The lowest BCUT2D eigenvalue weighted by Crippen LogP contribution is -2.39. The lowest BCUT2D eigenvalue weighted by molar-refractivity contribution is 0.312. The Morgan fingerprint density at radius 2 is 2.11 bits per heavy atom. The summed E-state index contributed by atoms with van der Waals surface area (Å²) in [4.78, 5) is 4.45. The van der Waals surface area contributed by atoms with Crippen LogP contribution in [-0.2, 0) is 12.0 Å². The van der Waals surface area contributed by atoms with Gasteiger partial charge in [0.05, 0.1) is 6.33 Å². The van der Waals surface area contributed by atoms with Crippen LogP contribution in [0.3, 0.4) is 0 Å². The number of rotatable bonds is 3. The molecule has 2 aliphatic rings. The van der Waals surface area contributed by atoms with Crippen molar-refractivity contribution in [3.05, 3.63) is 18.2 Å². The molecule has 106 valence electrons. The number of thioether (sulfide) groups is 1. The van der Waals surface area contributed by atoms with Crippen LogP contribution in [0.1, 0.15) is 45.2 Å². The highest BCUT2D eigenvalue weighted by Crippen LogP contribution is 2.40. The van der Waals surface area contributed by atoms with Crippen LogP contribution in [-0.4, -0.2) is 33.1 Å². The molecule has 3 heterocycles. The van der Waals surface area contributed by atoms with Crippen LogP contribution >= 0.6 is 11.8 Å². The first-order chi connectivity index (χ1) is 9.11. The summed E-state index contributed by atoms with van der Waals surface area (Å²) in [6, 6.07) is 0. The quantitative estimate of drug-likeness (QED) is 0.923. The van der Waals surface area contributed by atoms with E-state index < -0.39 is 0 Å². The lowest BCUT2D eigenvalue weighted by Gasteiger charge is -2.36. The third-order valence-electron chi connectivity index (χ3n) is 4.84. The van der Waals surface area contributed by atoms with E-state index in [4.69, 9.17) is 0 Å². The Morgan fingerprint density at radius 3 is 2.79 bits per heavy atom. The van der Waals surface area contributed by atoms with Gasteiger partial charge in [-0.1, -0.05) is 6.92 Å². The SMILES string of the molecule is CC1(Cn2cncc2C2(C)CCNCC2)CCCS1. The number of aromatic nitrogens is 2. The van der Waals surface area contributed by atoms with Crippen molar-refractivity contribution < 1.29 is 0 Å². The summed E-state index contributed by atoms with van der Waals surface area (Å²) in [5.41, 5.74) is 1.75. The molecule has 0 spiro atoms. The predicted molar refractivity (Wildman–Crippen MR) is 81.8 cm³/mol. The van der Waals surface area contributed by atoms with Crippen molar-refractivity contribution in [1.82, 2.24) is 14.9 Å². The van der Waals surface area contributed by atoms with E-state index in [0.29, 0.717) is 10.2 Å². The number of hydrogen-bond donors (Lipinski definition) is 1. The average Bonchev–Trinajstić information content (AvgIpc) is 3.00. The summed E-state index contributed by atoms with van der Waals surface area (Å²) in [6.45, 7) is 8.21. The Balaban J connectivity index is 1.81. The second-order valence-corrected chi connectivity index (χ2v) is 8.30. The Kier molecular flexibility index (Phi) is 3.65. The first-order valence-corrected chi connectivity index (χ1v) is 8.45. The lowest BCUT2D eigenvalue weighted by atomic mass is 9.78. The standard InChI is InChI=1S/C15H25N3S/c1-14(5-7-16-8-6-14)13-10-17-12-18(13)11-15(2)4-3-9-19-15/h10,12,16H,3-9,11H2,1-2H3. The van der Waals surface area contributed by atoms with Gasteiger partial charge in [0.15, 0.2) is 0 Å². The second-order valence-electron chi connectivity index (χ2n) is 6.62. The highest BCUT2D eigenvalue weighted by molar-refractivity contribution is 8.00. The summed E-state index contributed by atoms with van der Waals surface area (Å²) in [5, 5.41) is 3.47. The van der Waals surface area contributed by atoms with Crippen LogP contribution in [0.4, 0.5) is 0 Å². The average molecular weight is 279 g/mol. The number of piperidine rings is 1. The Morgan fingerprint density at radius 1 is 1.32 bits per heavy atom. The van der Waals surface area contributed by atoms with E-state index in [1.807, 2.05) is 6.33 Å². The number of nitrogens with one attached hydrogen (secondary N) is 1. The van der Waals surface area contributed by atoms with Crippen LogP contribution in [0.15, 0.2) is 12.5 Å². The second kappa shape index (κ2) is 5.13. The predicted octanol–water partition coefficient (Wildman–Crippen LogP) is 2.81. The molecule has 0 amide bonds. The smallest absolute Gasteiger partial charge is 0.0948 e. The minimum absolute atomic E-state index is 0.307. The molecule has 4 heteroatoms. The van der Waals surface area contributed by atoms with Crippen LogP contribution < -0.4 is 5.32 Å². The summed E-state index contributed by atoms with van der Waals surface area (Å²) < 4.78 is 2.85. The maximum absolute atomic E-state index is 4.45. The zero-order valence-electron chi connectivity index (χ0n) is 12.1. The molecule has 0 saturated carbocycles. The van der Waals surface area contributed by atoms with Gasteiger partial charge >= 0.3 is 0 Å². The highest BCUT2D eigenvalue weighted by Gasteiger charge is 2.35. The fourth-order valence-electron chi connectivity index (χ4n) is 3.51. The van der Waals surface area contributed by atoms with Gasteiger partial charge in [0.2, 0.25) is 0 Å². The number of imidazole rings is 1. The first kappa shape index (κ1) is 13.5. The molecule has 2 saturated heterocycles. The van der Waals surface area contributed by atoms with Gasteiger partial charge in [0, 0.05) is 28.6 Å². The van der Waals surface area contributed by atoms with Crippen LogP contribution in [0.5, 0.6) is 0 Å². The van der Waals surface area contributed by atoms with Crippen LogP contribution in [0.25, 0.3) is 0 Å². The fourth-order valence-corrected chi connectivity index (χ4v) is 4.81. The molecular weight excluding hydrogens is 254 g/mol. The van der Waals surface area contributed by atoms with Crippen molar-refractivity contribution in [3.63, 3.8) is 0 Å². The van der Waals surface area contributed by atoms with E-state index in [-0.39, 0.29) is 0 Å². The van der Waals surface area contributed by atoms with Crippen molar-refractivity contribution in [2.45, 2.75) is 56.2 Å². The van der Waals surface area contributed by atoms with E-state index >= 15 is 0 Å². The van der Waals surface area contributed by atoms with E-state index in [1.54, 1.807) is 0 Å². The van der Waals surface area contributed by atoms with Gasteiger partial charge < -0.3 is 9.88 Å². The molecule has 3 rings (SSSR count). The molecule has 19 heavy (non-hydrogen) atoms. The fraction of sp³-hybridized carbons (Fsp3) is 0.800. The normalized spacial score (nSPS) is 30.6. The van der Waals surface area contributed by atoms with Gasteiger partial charge in [0.25, 0.3) is 0 Å². The molecule has 2 fully saturated rings.